The minimum Gasteiger partial charge on any atom is -0.350 e. The first-order chi connectivity index (χ1) is 9.25. The molecule has 2 aromatic rings. The molecule has 2 heterocycles. The van der Waals surface area contributed by atoms with Crippen LogP contribution in [-0.2, 0) is 7.05 Å². The second kappa shape index (κ2) is 5.27. The Morgan fingerprint density at radius 2 is 1.95 bits per heavy atom. The van der Waals surface area contributed by atoms with Gasteiger partial charge in [0.05, 0.1) is 5.69 Å². The maximum absolute atomic E-state index is 4.79. The lowest BCUT2D eigenvalue weighted by molar-refractivity contribution is 0.440. The van der Waals surface area contributed by atoms with Gasteiger partial charge in [-0.05, 0) is 11.0 Å². The summed E-state index contributed by atoms with van der Waals surface area (Å²) in [6, 6.07) is 10.4. The van der Waals surface area contributed by atoms with Crippen molar-refractivity contribution >= 4 is 23.1 Å². The Bertz CT molecular complexity index is 655. The standard InChI is InChI=1S/C14H15N3S2/c1-16-8-9-18-13(16)15-14-17(2)12(10-19-14)11-6-4-3-5-7-11/h3-10,13H,1-2H3. The molecule has 0 saturated heterocycles. The summed E-state index contributed by atoms with van der Waals surface area (Å²) < 4.78 is 2.16. The summed E-state index contributed by atoms with van der Waals surface area (Å²) in [5.41, 5.74) is 2.60. The highest BCUT2D eigenvalue weighted by Gasteiger charge is 2.15. The molecule has 0 amide bonds. The van der Waals surface area contributed by atoms with Gasteiger partial charge in [-0.1, -0.05) is 42.1 Å². The molecule has 0 saturated carbocycles. The number of hydrogen-bond acceptors (Lipinski definition) is 4. The van der Waals surface area contributed by atoms with E-state index in [2.05, 4.69) is 64.8 Å². The number of aromatic nitrogens is 1. The molecule has 1 unspecified atom stereocenters. The predicted molar refractivity (Wildman–Crippen MR) is 82.6 cm³/mol. The van der Waals surface area contributed by atoms with Crippen LogP contribution in [-0.4, -0.2) is 22.0 Å². The van der Waals surface area contributed by atoms with Crippen LogP contribution in [0, 0.1) is 0 Å². The van der Waals surface area contributed by atoms with Crippen molar-refractivity contribution in [3.8, 4) is 11.3 Å². The van der Waals surface area contributed by atoms with Crippen LogP contribution in [0.5, 0.6) is 0 Å². The lowest BCUT2D eigenvalue weighted by Gasteiger charge is -2.14. The molecule has 3 rings (SSSR count). The first kappa shape index (κ1) is 12.6. The number of hydrogen-bond donors (Lipinski definition) is 0. The van der Waals surface area contributed by atoms with Gasteiger partial charge in [0.1, 0.15) is 0 Å². The summed E-state index contributed by atoms with van der Waals surface area (Å²) in [7, 11) is 4.13. The normalized spacial score (nSPS) is 19.4. The highest BCUT2D eigenvalue weighted by Crippen LogP contribution is 2.24. The Morgan fingerprint density at radius 1 is 1.16 bits per heavy atom. The Morgan fingerprint density at radius 3 is 2.63 bits per heavy atom. The van der Waals surface area contributed by atoms with E-state index in [0.29, 0.717) is 0 Å². The largest absolute Gasteiger partial charge is 0.350 e. The number of nitrogens with zero attached hydrogens (tertiary/aromatic N) is 3. The molecule has 0 radical (unpaired) electrons. The highest BCUT2D eigenvalue weighted by molar-refractivity contribution is 8.02. The van der Waals surface area contributed by atoms with Gasteiger partial charge in [0.15, 0.2) is 10.3 Å². The van der Waals surface area contributed by atoms with E-state index in [1.165, 1.54) is 11.3 Å². The molecule has 1 aliphatic heterocycles. The van der Waals surface area contributed by atoms with E-state index in [9.17, 15) is 0 Å². The number of thioether (sulfide) groups is 1. The van der Waals surface area contributed by atoms with E-state index in [1.54, 1.807) is 23.1 Å². The van der Waals surface area contributed by atoms with Crippen molar-refractivity contribution in [3.63, 3.8) is 0 Å². The third kappa shape index (κ3) is 2.48. The lowest BCUT2D eigenvalue weighted by Crippen LogP contribution is -2.22. The smallest absolute Gasteiger partial charge is 0.187 e. The SMILES string of the molecule is CN1C=CSC1N=c1scc(-c2ccccc2)n1C. The first-order valence-corrected chi connectivity index (χ1v) is 7.86. The fourth-order valence-electron chi connectivity index (χ4n) is 1.94. The van der Waals surface area contributed by atoms with Gasteiger partial charge in [0.2, 0.25) is 0 Å². The van der Waals surface area contributed by atoms with E-state index >= 15 is 0 Å². The summed E-state index contributed by atoms with van der Waals surface area (Å²) in [6.07, 6.45) is 2.06. The molecule has 0 N–H and O–H groups in total. The van der Waals surface area contributed by atoms with Crippen molar-refractivity contribution < 1.29 is 0 Å². The average molecular weight is 289 g/mol. The molecular weight excluding hydrogens is 274 g/mol. The van der Waals surface area contributed by atoms with E-state index < -0.39 is 0 Å². The van der Waals surface area contributed by atoms with E-state index in [0.717, 1.165) is 4.80 Å². The zero-order chi connectivity index (χ0) is 13.2. The maximum Gasteiger partial charge on any atom is 0.187 e. The molecule has 19 heavy (non-hydrogen) atoms. The lowest BCUT2D eigenvalue weighted by atomic mass is 10.2. The van der Waals surface area contributed by atoms with Crippen LogP contribution >= 0.6 is 23.1 Å². The quantitative estimate of drug-likeness (QED) is 0.847. The van der Waals surface area contributed by atoms with Crippen molar-refractivity contribution in [1.29, 1.82) is 0 Å². The van der Waals surface area contributed by atoms with Gasteiger partial charge in [-0.25, -0.2) is 4.99 Å². The maximum atomic E-state index is 4.79. The second-order valence-electron chi connectivity index (χ2n) is 4.37. The number of thiazole rings is 1. The summed E-state index contributed by atoms with van der Waals surface area (Å²) in [6.45, 7) is 0. The molecule has 1 atom stereocenters. The van der Waals surface area contributed by atoms with Gasteiger partial charge in [0, 0.05) is 25.7 Å². The Hall–Kier alpha value is -1.46. The van der Waals surface area contributed by atoms with Crippen molar-refractivity contribution in [2.75, 3.05) is 7.05 Å². The van der Waals surface area contributed by atoms with E-state index in [4.69, 9.17) is 4.99 Å². The van der Waals surface area contributed by atoms with E-state index in [-0.39, 0.29) is 5.50 Å². The van der Waals surface area contributed by atoms with Gasteiger partial charge in [-0.15, -0.1) is 11.3 Å². The van der Waals surface area contributed by atoms with Gasteiger partial charge in [-0.3, -0.25) is 0 Å². The molecule has 1 aromatic heterocycles. The van der Waals surface area contributed by atoms with Crippen LogP contribution in [0.3, 0.4) is 0 Å². The second-order valence-corrected chi connectivity index (χ2v) is 6.17. The van der Waals surface area contributed by atoms with Crippen LogP contribution in [0.1, 0.15) is 0 Å². The summed E-state index contributed by atoms with van der Waals surface area (Å²) in [4.78, 5) is 7.96. The van der Waals surface area contributed by atoms with Crippen LogP contribution in [0.4, 0.5) is 0 Å². The monoisotopic (exact) mass is 289 g/mol. The van der Waals surface area contributed by atoms with Crippen LogP contribution in [0.25, 0.3) is 11.3 Å². The predicted octanol–water partition coefficient (Wildman–Crippen LogP) is 3.09. The minimum absolute atomic E-state index is 0.161. The van der Waals surface area contributed by atoms with Gasteiger partial charge >= 0.3 is 0 Å². The Labute approximate surface area is 120 Å². The average Bonchev–Trinajstić information content (AvgIpc) is 2.99. The molecule has 1 aliphatic rings. The third-order valence-electron chi connectivity index (χ3n) is 3.06. The van der Waals surface area contributed by atoms with E-state index in [1.807, 2.05) is 6.07 Å². The Balaban J connectivity index is 1.98. The minimum atomic E-state index is 0.161. The molecule has 0 spiro atoms. The highest BCUT2D eigenvalue weighted by atomic mass is 32.2. The summed E-state index contributed by atoms with van der Waals surface area (Å²) >= 11 is 3.42. The number of rotatable bonds is 2. The fourth-order valence-corrected chi connectivity index (χ4v) is 3.77. The molecule has 0 aliphatic carbocycles. The third-order valence-corrected chi connectivity index (χ3v) is 4.95. The van der Waals surface area contributed by atoms with Crippen LogP contribution < -0.4 is 4.80 Å². The molecule has 0 fully saturated rings. The molecule has 0 bridgehead atoms. The molecule has 1 aromatic carbocycles. The molecule has 3 nitrogen and oxygen atoms in total. The first-order valence-electron chi connectivity index (χ1n) is 6.03. The van der Waals surface area contributed by atoms with Gasteiger partial charge < -0.3 is 9.47 Å². The Kier molecular flexibility index (Phi) is 3.48. The molecule has 5 heteroatoms. The van der Waals surface area contributed by atoms with Crippen molar-refractivity contribution in [2.24, 2.45) is 12.0 Å². The van der Waals surface area contributed by atoms with Crippen molar-refractivity contribution in [3.05, 3.63) is 52.1 Å². The van der Waals surface area contributed by atoms with Gasteiger partial charge in [0.25, 0.3) is 0 Å². The molecule has 98 valence electrons. The van der Waals surface area contributed by atoms with Crippen LogP contribution in [0.15, 0.2) is 52.3 Å². The fraction of sp³-hybridized carbons (Fsp3) is 0.214. The van der Waals surface area contributed by atoms with Crippen LogP contribution in [0.2, 0.25) is 0 Å². The summed E-state index contributed by atoms with van der Waals surface area (Å²) in [5.74, 6) is 0. The molecular formula is C14H15N3S2. The topological polar surface area (TPSA) is 20.5 Å². The van der Waals surface area contributed by atoms with Crippen molar-refractivity contribution in [2.45, 2.75) is 5.50 Å². The zero-order valence-electron chi connectivity index (χ0n) is 10.9. The summed E-state index contributed by atoms with van der Waals surface area (Å²) in [5, 5.41) is 4.25. The number of benzene rings is 1. The zero-order valence-corrected chi connectivity index (χ0v) is 12.5. The van der Waals surface area contributed by atoms with Crippen molar-refractivity contribution in [1.82, 2.24) is 9.47 Å². The van der Waals surface area contributed by atoms with Gasteiger partial charge in [-0.2, -0.15) is 0 Å².